The lowest BCUT2D eigenvalue weighted by molar-refractivity contribution is -0.652. The Morgan fingerprint density at radius 1 is 1.32 bits per heavy atom. The molecule has 0 spiro atoms. The second-order valence-electron chi connectivity index (χ2n) is 4.69. The Bertz CT molecular complexity index is 951. The van der Waals surface area contributed by atoms with Gasteiger partial charge in [0.2, 0.25) is 5.58 Å². The van der Waals surface area contributed by atoms with Gasteiger partial charge in [-0.3, -0.25) is 9.97 Å². The van der Waals surface area contributed by atoms with Gasteiger partial charge in [-0.05, 0) is 12.1 Å². The Morgan fingerprint density at radius 3 is 3.32 bits per heavy atom. The van der Waals surface area contributed by atoms with Crippen molar-refractivity contribution in [1.82, 2.24) is 14.4 Å². The summed E-state index contributed by atoms with van der Waals surface area (Å²) in [5.41, 5.74) is 5.13. The molecule has 0 N–H and O–H groups in total. The fraction of sp³-hybridized carbons (Fsp3) is 0.0714. The van der Waals surface area contributed by atoms with Crippen LogP contribution in [0, 0.1) is 0 Å². The SMILES string of the molecule is c1cnc2c(c1)-c1oc3cc4cnccn4c3[n+]1C2. The first kappa shape index (κ1) is 9.27. The summed E-state index contributed by atoms with van der Waals surface area (Å²) in [4.78, 5) is 8.55. The molecule has 0 unspecified atom stereocenters. The molecule has 0 aromatic carbocycles. The van der Waals surface area contributed by atoms with Crippen LogP contribution < -0.4 is 4.57 Å². The van der Waals surface area contributed by atoms with Crippen molar-refractivity contribution in [3.63, 3.8) is 0 Å². The highest BCUT2D eigenvalue weighted by atomic mass is 16.4. The van der Waals surface area contributed by atoms with Crippen LogP contribution in [0.15, 0.2) is 47.4 Å². The third-order valence-corrected chi connectivity index (χ3v) is 3.65. The van der Waals surface area contributed by atoms with E-state index < -0.39 is 0 Å². The Morgan fingerprint density at radius 2 is 2.32 bits per heavy atom. The zero-order chi connectivity index (χ0) is 12.4. The molecule has 5 heteroatoms. The maximum atomic E-state index is 6.00. The average molecular weight is 249 g/mol. The van der Waals surface area contributed by atoms with E-state index in [4.69, 9.17) is 4.42 Å². The number of hydrogen-bond donors (Lipinski definition) is 0. The summed E-state index contributed by atoms with van der Waals surface area (Å²) in [7, 11) is 0. The van der Waals surface area contributed by atoms with Gasteiger partial charge >= 0.3 is 5.65 Å². The quantitative estimate of drug-likeness (QED) is 0.393. The molecular weight excluding hydrogens is 240 g/mol. The Balaban J connectivity index is 1.94. The molecule has 1 aliphatic rings. The Hall–Kier alpha value is -2.69. The zero-order valence-corrected chi connectivity index (χ0v) is 9.95. The van der Waals surface area contributed by atoms with Gasteiger partial charge in [0.05, 0.1) is 23.7 Å². The molecule has 0 aliphatic carbocycles. The van der Waals surface area contributed by atoms with Crippen LogP contribution in [0.4, 0.5) is 0 Å². The van der Waals surface area contributed by atoms with Crippen molar-refractivity contribution in [2.24, 2.45) is 0 Å². The molecule has 5 heterocycles. The molecule has 0 saturated heterocycles. The smallest absolute Gasteiger partial charge is 0.333 e. The summed E-state index contributed by atoms with van der Waals surface area (Å²) in [6, 6.07) is 6.01. The molecule has 19 heavy (non-hydrogen) atoms. The molecule has 0 fully saturated rings. The largest absolute Gasteiger partial charge is 0.414 e. The van der Waals surface area contributed by atoms with Gasteiger partial charge in [-0.1, -0.05) is 0 Å². The molecule has 5 rings (SSSR count). The van der Waals surface area contributed by atoms with Crippen LogP contribution in [0.3, 0.4) is 0 Å². The van der Waals surface area contributed by atoms with Gasteiger partial charge < -0.3 is 4.42 Å². The van der Waals surface area contributed by atoms with Gasteiger partial charge in [-0.25, -0.2) is 0 Å². The van der Waals surface area contributed by atoms with Crippen LogP contribution in [0.25, 0.3) is 28.2 Å². The van der Waals surface area contributed by atoms with Gasteiger partial charge in [-0.15, -0.1) is 0 Å². The molecule has 1 aliphatic heterocycles. The number of rotatable bonds is 0. The van der Waals surface area contributed by atoms with Crippen LogP contribution in [0.2, 0.25) is 0 Å². The number of fused-ring (bicyclic) bond motifs is 7. The molecule has 0 radical (unpaired) electrons. The number of nitrogens with zero attached hydrogens (tertiary/aromatic N) is 4. The first-order chi connectivity index (χ1) is 9.42. The Labute approximate surface area is 107 Å². The fourth-order valence-corrected chi connectivity index (χ4v) is 2.84. The lowest BCUT2D eigenvalue weighted by atomic mass is 10.2. The van der Waals surface area contributed by atoms with Crippen LogP contribution >= 0.6 is 0 Å². The molecule has 0 saturated carbocycles. The normalized spacial score (nSPS) is 13.1. The molecular formula is C14H9N4O+. The zero-order valence-electron chi connectivity index (χ0n) is 9.95. The number of oxazole rings is 1. The first-order valence-electron chi connectivity index (χ1n) is 6.13. The Kier molecular flexibility index (Phi) is 1.46. The highest BCUT2D eigenvalue weighted by molar-refractivity contribution is 5.78. The van der Waals surface area contributed by atoms with E-state index in [2.05, 4.69) is 25.0 Å². The summed E-state index contributed by atoms with van der Waals surface area (Å²) < 4.78 is 10.3. The van der Waals surface area contributed by atoms with Crippen molar-refractivity contribution in [2.45, 2.75) is 6.54 Å². The molecule has 4 aromatic rings. The second kappa shape index (κ2) is 3.00. The minimum atomic E-state index is 0.757. The second-order valence-corrected chi connectivity index (χ2v) is 4.69. The fourth-order valence-electron chi connectivity index (χ4n) is 2.84. The topological polar surface area (TPSA) is 47.2 Å². The summed E-state index contributed by atoms with van der Waals surface area (Å²) in [5, 5.41) is 0. The number of hydrogen-bond acceptors (Lipinski definition) is 3. The number of aromatic nitrogens is 4. The van der Waals surface area contributed by atoms with E-state index in [0.29, 0.717) is 0 Å². The maximum Gasteiger partial charge on any atom is 0.333 e. The van der Waals surface area contributed by atoms with E-state index in [-0.39, 0.29) is 0 Å². The molecule has 90 valence electrons. The van der Waals surface area contributed by atoms with Crippen LogP contribution in [-0.4, -0.2) is 14.4 Å². The third-order valence-electron chi connectivity index (χ3n) is 3.65. The van der Waals surface area contributed by atoms with Crippen molar-refractivity contribution in [1.29, 1.82) is 0 Å². The maximum absolute atomic E-state index is 6.00. The highest BCUT2D eigenvalue weighted by Gasteiger charge is 2.33. The minimum absolute atomic E-state index is 0.757. The average Bonchev–Trinajstić information content (AvgIpc) is 3.05. The van der Waals surface area contributed by atoms with Crippen molar-refractivity contribution in [3.05, 3.63) is 48.7 Å². The lowest BCUT2D eigenvalue weighted by Gasteiger charge is -1.90. The summed E-state index contributed by atoms with van der Waals surface area (Å²) in [6.45, 7) is 0.757. The lowest BCUT2D eigenvalue weighted by Crippen LogP contribution is -2.31. The standard InChI is InChI=1S/C14H9N4O/c1-2-10-11(16-3-1)8-18-13-12(19-14(10)18)6-9-7-15-4-5-17(9)13/h1-7H,8H2/q+1. The molecule has 0 atom stereocenters. The van der Waals surface area contributed by atoms with E-state index in [1.807, 2.05) is 30.7 Å². The van der Waals surface area contributed by atoms with E-state index in [0.717, 1.165) is 40.4 Å². The van der Waals surface area contributed by atoms with E-state index in [1.165, 1.54) is 0 Å². The molecule has 4 aromatic heterocycles. The van der Waals surface area contributed by atoms with Gasteiger partial charge in [-0.2, -0.15) is 8.97 Å². The van der Waals surface area contributed by atoms with Gasteiger partial charge in [0.15, 0.2) is 5.52 Å². The van der Waals surface area contributed by atoms with E-state index in [9.17, 15) is 0 Å². The molecule has 5 nitrogen and oxygen atoms in total. The van der Waals surface area contributed by atoms with Crippen LogP contribution in [0.5, 0.6) is 0 Å². The van der Waals surface area contributed by atoms with Crippen LogP contribution in [-0.2, 0) is 6.54 Å². The molecule has 0 amide bonds. The number of pyridine rings is 1. The van der Waals surface area contributed by atoms with Gasteiger partial charge in [0.25, 0.3) is 5.89 Å². The van der Waals surface area contributed by atoms with Gasteiger partial charge in [0.1, 0.15) is 12.7 Å². The summed E-state index contributed by atoms with van der Waals surface area (Å²) >= 11 is 0. The predicted molar refractivity (Wildman–Crippen MR) is 67.5 cm³/mol. The van der Waals surface area contributed by atoms with Crippen molar-refractivity contribution in [2.75, 3.05) is 0 Å². The van der Waals surface area contributed by atoms with Crippen LogP contribution in [0.1, 0.15) is 5.69 Å². The van der Waals surface area contributed by atoms with Crippen molar-refractivity contribution in [3.8, 4) is 11.5 Å². The summed E-state index contributed by atoms with van der Waals surface area (Å²) in [6.07, 6.45) is 7.40. The summed E-state index contributed by atoms with van der Waals surface area (Å²) in [5.74, 6) is 0.888. The monoisotopic (exact) mass is 249 g/mol. The van der Waals surface area contributed by atoms with E-state index in [1.54, 1.807) is 6.20 Å². The first-order valence-corrected chi connectivity index (χ1v) is 6.13. The third kappa shape index (κ3) is 1.03. The molecule has 0 bridgehead atoms. The van der Waals surface area contributed by atoms with E-state index >= 15 is 0 Å². The van der Waals surface area contributed by atoms with Crippen molar-refractivity contribution < 1.29 is 8.98 Å². The van der Waals surface area contributed by atoms with Gasteiger partial charge in [0, 0.05) is 12.3 Å². The highest BCUT2D eigenvalue weighted by Crippen LogP contribution is 2.30. The predicted octanol–water partition coefficient (Wildman–Crippen LogP) is 1.79. The minimum Gasteiger partial charge on any atom is -0.414 e. The van der Waals surface area contributed by atoms with Crippen molar-refractivity contribution >= 4 is 16.7 Å².